The zero-order chi connectivity index (χ0) is 24.3. The van der Waals surface area contributed by atoms with Crippen molar-refractivity contribution in [1.29, 1.82) is 0 Å². The van der Waals surface area contributed by atoms with E-state index in [0.717, 1.165) is 38.5 Å². The summed E-state index contributed by atoms with van der Waals surface area (Å²) in [7, 11) is 0. The molecule has 0 spiro atoms. The maximum absolute atomic E-state index is 12.3. The zero-order valence-electron chi connectivity index (χ0n) is 21.0. The first kappa shape index (κ1) is 25.8. The second kappa shape index (κ2) is 9.01. The average molecular weight is 469 g/mol. The minimum absolute atomic E-state index is 0.0393. The number of fused-ring (bicyclic) bond motifs is 5. The molecule has 0 amide bonds. The summed E-state index contributed by atoms with van der Waals surface area (Å²) < 4.78 is 0. The monoisotopic (exact) mass is 468 g/mol. The molecule has 0 radical (unpaired) electrons. The highest BCUT2D eigenvalue weighted by atomic mass is 16.3. The van der Waals surface area contributed by atoms with E-state index >= 15 is 0 Å². The van der Waals surface area contributed by atoms with Crippen LogP contribution in [0.1, 0.15) is 85.5 Å². The summed E-state index contributed by atoms with van der Waals surface area (Å²) in [4.78, 5) is 0. The molecule has 4 saturated carbocycles. The quantitative estimate of drug-likeness (QED) is 0.356. The molecule has 33 heavy (non-hydrogen) atoms. The van der Waals surface area contributed by atoms with Crippen molar-refractivity contribution in [3.8, 4) is 0 Å². The molecular formula is C27H48O6. The van der Waals surface area contributed by atoms with Gasteiger partial charge >= 0.3 is 0 Å². The van der Waals surface area contributed by atoms with Gasteiger partial charge in [-0.25, -0.2) is 0 Å². The topological polar surface area (TPSA) is 121 Å². The van der Waals surface area contributed by atoms with E-state index in [9.17, 15) is 30.6 Å². The van der Waals surface area contributed by atoms with Gasteiger partial charge in [-0.2, -0.15) is 0 Å². The Kier molecular flexibility index (Phi) is 7.05. The highest BCUT2D eigenvalue weighted by molar-refractivity contribution is 5.21. The molecule has 0 heterocycles. The van der Waals surface area contributed by atoms with Crippen LogP contribution in [0.3, 0.4) is 0 Å². The summed E-state index contributed by atoms with van der Waals surface area (Å²) in [6.45, 7) is 8.70. The predicted octanol–water partition coefficient (Wildman–Crippen LogP) is 2.47. The molecule has 4 aliphatic carbocycles. The van der Waals surface area contributed by atoms with E-state index in [-0.39, 0.29) is 48.0 Å². The summed E-state index contributed by atoms with van der Waals surface area (Å²) >= 11 is 0. The van der Waals surface area contributed by atoms with Crippen LogP contribution in [0.2, 0.25) is 0 Å². The second-order valence-electron chi connectivity index (χ2n) is 13.1. The van der Waals surface area contributed by atoms with Gasteiger partial charge < -0.3 is 30.6 Å². The normalized spacial score (nSPS) is 53.6. The SMILES string of the molecule is CC(CO)CCC[C@@H](C)[C@H]1[C@@H](O)[C@H](O)C2[C@]3(O)C[C@@H](O)[C@H]4C[C@@H](O)CC[C@]4(C)C3CC[C@@]21C. The van der Waals surface area contributed by atoms with Crippen LogP contribution in [-0.4, -0.2) is 67.3 Å². The van der Waals surface area contributed by atoms with Crippen molar-refractivity contribution in [1.82, 2.24) is 0 Å². The van der Waals surface area contributed by atoms with Crippen LogP contribution >= 0.6 is 0 Å². The Morgan fingerprint density at radius 2 is 1.58 bits per heavy atom. The predicted molar refractivity (Wildman–Crippen MR) is 126 cm³/mol. The number of rotatable bonds is 6. The summed E-state index contributed by atoms with van der Waals surface area (Å²) in [5.74, 6) is -0.211. The van der Waals surface area contributed by atoms with Crippen LogP contribution in [0.5, 0.6) is 0 Å². The lowest BCUT2D eigenvalue weighted by Crippen LogP contribution is -2.68. The van der Waals surface area contributed by atoms with Crippen molar-refractivity contribution in [2.24, 2.45) is 46.3 Å². The lowest BCUT2D eigenvalue weighted by atomic mass is 9.42. The molecule has 6 N–H and O–H groups in total. The summed E-state index contributed by atoms with van der Waals surface area (Å²) in [6.07, 6.45) is 3.75. The fourth-order valence-corrected chi connectivity index (χ4v) is 9.57. The van der Waals surface area contributed by atoms with Crippen LogP contribution in [0.15, 0.2) is 0 Å². The molecule has 4 rings (SSSR count). The minimum atomic E-state index is -1.22. The van der Waals surface area contributed by atoms with E-state index in [1.165, 1.54) is 0 Å². The Morgan fingerprint density at radius 1 is 0.909 bits per heavy atom. The number of aliphatic hydroxyl groups excluding tert-OH is 5. The van der Waals surface area contributed by atoms with Crippen LogP contribution < -0.4 is 0 Å². The standard InChI is InChI=1S/C27H48O6/c1-15(14-28)6-5-7-16(2)21-22(31)23(32)24-26(21,4)11-9-20-25(3)10-8-17(29)12-18(25)19(30)13-27(20,24)33/h15-24,28-33H,5-14H2,1-4H3/t15?,16-,17+,18-,19-,20?,21+,22-,23+,24?,25+,26-,27+/m1/s1. The fraction of sp³-hybridized carbons (Fsp3) is 1.00. The summed E-state index contributed by atoms with van der Waals surface area (Å²) in [5, 5.41) is 65.7. The molecule has 6 heteroatoms. The molecule has 192 valence electrons. The lowest BCUT2D eigenvalue weighted by Gasteiger charge is -2.65. The maximum Gasteiger partial charge on any atom is 0.0863 e. The molecule has 0 aliphatic heterocycles. The second-order valence-corrected chi connectivity index (χ2v) is 13.1. The van der Waals surface area contributed by atoms with E-state index in [0.29, 0.717) is 12.8 Å². The number of hydrogen-bond acceptors (Lipinski definition) is 6. The average Bonchev–Trinajstić information content (AvgIpc) is 2.95. The first-order chi connectivity index (χ1) is 15.4. The van der Waals surface area contributed by atoms with Gasteiger partial charge in [-0.3, -0.25) is 0 Å². The molecule has 0 aromatic rings. The van der Waals surface area contributed by atoms with Gasteiger partial charge in [-0.15, -0.1) is 0 Å². The van der Waals surface area contributed by atoms with Gasteiger partial charge in [0.2, 0.25) is 0 Å². The lowest BCUT2D eigenvalue weighted by molar-refractivity contribution is -0.264. The van der Waals surface area contributed by atoms with Gasteiger partial charge in [-0.05, 0) is 78.9 Å². The molecule has 4 fully saturated rings. The van der Waals surface area contributed by atoms with Gasteiger partial charge in [-0.1, -0.05) is 40.5 Å². The van der Waals surface area contributed by atoms with Crippen LogP contribution in [0.25, 0.3) is 0 Å². The highest BCUT2D eigenvalue weighted by Gasteiger charge is 2.72. The summed E-state index contributed by atoms with van der Waals surface area (Å²) in [6, 6.07) is 0. The Morgan fingerprint density at radius 3 is 2.24 bits per heavy atom. The third kappa shape index (κ3) is 3.92. The largest absolute Gasteiger partial charge is 0.396 e. The highest BCUT2D eigenvalue weighted by Crippen LogP contribution is 2.69. The molecule has 0 aromatic heterocycles. The fourth-order valence-electron chi connectivity index (χ4n) is 9.57. The maximum atomic E-state index is 12.3. The van der Waals surface area contributed by atoms with Gasteiger partial charge in [0.1, 0.15) is 0 Å². The van der Waals surface area contributed by atoms with Crippen molar-refractivity contribution in [3.63, 3.8) is 0 Å². The third-order valence-electron chi connectivity index (χ3n) is 11.1. The van der Waals surface area contributed by atoms with E-state index in [4.69, 9.17) is 0 Å². The molecule has 13 atom stereocenters. The molecule has 0 aromatic carbocycles. The Bertz CT molecular complexity index is 702. The van der Waals surface area contributed by atoms with Crippen molar-refractivity contribution in [2.45, 2.75) is 115 Å². The molecule has 6 nitrogen and oxygen atoms in total. The van der Waals surface area contributed by atoms with E-state index in [2.05, 4.69) is 20.8 Å². The Hall–Kier alpha value is -0.240. The van der Waals surface area contributed by atoms with Gasteiger partial charge in [0.05, 0.1) is 30.0 Å². The van der Waals surface area contributed by atoms with Crippen molar-refractivity contribution in [3.05, 3.63) is 0 Å². The molecule has 3 unspecified atom stereocenters. The van der Waals surface area contributed by atoms with E-state index < -0.39 is 41.3 Å². The summed E-state index contributed by atoms with van der Waals surface area (Å²) in [5.41, 5.74) is -1.90. The van der Waals surface area contributed by atoms with Crippen LogP contribution in [0, 0.1) is 46.3 Å². The minimum Gasteiger partial charge on any atom is -0.396 e. The van der Waals surface area contributed by atoms with Gasteiger partial charge in [0.15, 0.2) is 0 Å². The van der Waals surface area contributed by atoms with Crippen LogP contribution in [-0.2, 0) is 0 Å². The van der Waals surface area contributed by atoms with E-state index in [1.54, 1.807) is 0 Å². The molecule has 4 aliphatic rings. The van der Waals surface area contributed by atoms with E-state index in [1.807, 2.05) is 6.92 Å². The van der Waals surface area contributed by atoms with Crippen LogP contribution in [0.4, 0.5) is 0 Å². The van der Waals surface area contributed by atoms with Crippen molar-refractivity contribution < 1.29 is 30.6 Å². The van der Waals surface area contributed by atoms with Gasteiger partial charge in [0.25, 0.3) is 0 Å². The first-order valence-electron chi connectivity index (χ1n) is 13.5. The number of aliphatic hydroxyl groups is 6. The van der Waals surface area contributed by atoms with Gasteiger partial charge in [0, 0.05) is 18.9 Å². The molecule has 0 saturated heterocycles. The third-order valence-corrected chi connectivity index (χ3v) is 11.1. The Balaban J connectivity index is 1.61. The Labute approximate surface area is 199 Å². The molecular weight excluding hydrogens is 420 g/mol. The van der Waals surface area contributed by atoms with Crippen molar-refractivity contribution in [2.75, 3.05) is 6.61 Å². The molecule has 0 bridgehead atoms. The zero-order valence-corrected chi connectivity index (χ0v) is 21.0. The smallest absolute Gasteiger partial charge is 0.0863 e. The first-order valence-corrected chi connectivity index (χ1v) is 13.5. The number of hydrogen-bond donors (Lipinski definition) is 6. The van der Waals surface area contributed by atoms with Crippen molar-refractivity contribution >= 4 is 0 Å².